The number of hydrogen-bond donors (Lipinski definition) is 6. The van der Waals surface area contributed by atoms with Crippen LogP contribution < -0.4 is 26.8 Å². The van der Waals surface area contributed by atoms with E-state index < -0.39 is 44.3 Å². The molecule has 1 unspecified atom stereocenters. The molecule has 15 heteroatoms. The quantitative estimate of drug-likeness (QED) is 0.176. The number of aromatic amines is 1. The largest absolute Gasteiger partial charge is 0.595 e. The molecule has 3 heterocycles. The van der Waals surface area contributed by atoms with E-state index in [9.17, 15) is 29.3 Å². The van der Waals surface area contributed by atoms with Crippen molar-refractivity contribution in [3.8, 4) is 11.1 Å². The van der Waals surface area contributed by atoms with Crippen LogP contribution in [0.4, 0.5) is 23.3 Å². The Hall–Kier alpha value is -4.20. The highest BCUT2D eigenvalue weighted by Crippen LogP contribution is 2.42. The van der Waals surface area contributed by atoms with Crippen LogP contribution in [0, 0.1) is 0 Å². The number of aromatic nitrogens is 4. The standard InChI is InChI=1S/C24H24N7O7P/c1-11(33)26-14-6-2-12(3-7-14)13-4-8-15(9-5-13)27-24-28-17-20(29-23(25)30-21(17)35)31(24)22-18(34)19(39(36)37)16(10-32)38-22/h2-9,16,18-19,22,32,34H,10H2,1H3,(H,26,33)(H,27,28)(H3,25,29,30,35)/t16-,18-,19-,22-/m1/s1. The van der Waals surface area contributed by atoms with Gasteiger partial charge in [0.2, 0.25) is 23.5 Å². The Labute approximate surface area is 221 Å². The number of anilines is 4. The molecule has 14 nitrogen and oxygen atoms in total. The van der Waals surface area contributed by atoms with Gasteiger partial charge in [-0.15, -0.1) is 0 Å². The van der Waals surface area contributed by atoms with E-state index in [1.165, 1.54) is 11.5 Å². The van der Waals surface area contributed by atoms with Crippen molar-refractivity contribution in [3.05, 3.63) is 58.9 Å². The minimum absolute atomic E-state index is 0.0310. The van der Waals surface area contributed by atoms with Crippen molar-refractivity contribution in [1.82, 2.24) is 19.5 Å². The van der Waals surface area contributed by atoms with Crippen LogP contribution >= 0.6 is 8.03 Å². The Balaban J connectivity index is 1.49. The number of hydrogen-bond acceptors (Lipinski definition) is 11. The molecule has 1 saturated heterocycles. The number of nitrogens with zero attached hydrogens (tertiary/aromatic N) is 3. The van der Waals surface area contributed by atoms with Gasteiger partial charge in [0, 0.05) is 18.3 Å². The van der Waals surface area contributed by atoms with Gasteiger partial charge in [-0.2, -0.15) is 4.98 Å². The molecular formula is C24H24N7O7P. The Bertz CT molecular complexity index is 1600. The first-order chi connectivity index (χ1) is 18.7. The van der Waals surface area contributed by atoms with Crippen LogP contribution in [0.5, 0.6) is 0 Å². The number of imidazole rings is 1. The number of aliphatic hydroxyl groups is 2. The van der Waals surface area contributed by atoms with Gasteiger partial charge in [-0.25, -0.2) is 4.98 Å². The number of rotatable bonds is 7. The summed E-state index contributed by atoms with van der Waals surface area (Å²) in [7, 11) is -3.16. The maximum absolute atomic E-state index is 12.5. The molecule has 1 aliphatic heterocycles. The number of fused-ring (bicyclic) bond motifs is 1. The second-order valence-corrected chi connectivity index (χ2v) is 10.1. The number of ether oxygens (including phenoxy) is 1. The molecule has 5 rings (SSSR count). The van der Waals surface area contributed by atoms with Crippen molar-refractivity contribution in [2.75, 3.05) is 23.0 Å². The number of nitrogen functional groups attached to an aromatic ring is 1. The Kier molecular flexibility index (Phi) is 7.12. The summed E-state index contributed by atoms with van der Waals surface area (Å²) in [5.74, 6) is -0.348. The summed E-state index contributed by atoms with van der Waals surface area (Å²) in [4.78, 5) is 46.4. The summed E-state index contributed by atoms with van der Waals surface area (Å²) in [5, 5.41) is 26.3. The van der Waals surface area contributed by atoms with Crippen molar-refractivity contribution >= 4 is 48.4 Å². The average molecular weight is 553 g/mol. The molecule has 4 aromatic rings. The van der Waals surface area contributed by atoms with Crippen LogP contribution in [-0.2, 0) is 14.1 Å². The molecule has 1 aliphatic rings. The van der Waals surface area contributed by atoms with Crippen molar-refractivity contribution < 1.29 is 29.2 Å². The van der Waals surface area contributed by atoms with Gasteiger partial charge in [-0.3, -0.25) is 19.1 Å². The van der Waals surface area contributed by atoms with E-state index in [-0.39, 0.29) is 29.0 Å². The number of carbonyl (C=O) groups excluding carboxylic acids is 1. The predicted molar refractivity (Wildman–Crippen MR) is 140 cm³/mol. The molecule has 5 atom stereocenters. The van der Waals surface area contributed by atoms with Crippen LogP contribution in [-0.4, -0.2) is 60.1 Å². The van der Waals surface area contributed by atoms with Crippen LogP contribution in [0.1, 0.15) is 13.2 Å². The van der Waals surface area contributed by atoms with E-state index in [1.54, 1.807) is 24.3 Å². The third-order valence-corrected chi connectivity index (χ3v) is 7.39. The molecule has 39 heavy (non-hydrogen) atoms. The summed E-state index contributed by atoms with van der Waals surface area (Å²) >= 11 is 0. The first-order valence-corrected chi connectivity index (χ1v) is 13.0. The van der Waals surface area contributed by atoms with E-state index in [0.717, 1.165) is 11.1 Å². The lowest BCUT2D eigenvalue weighted by molar-refractivity contribution is -0.168. The highest BCUT2D eigenvalue weighted by atomic mass is 31.1. The van der Waals surface area contributed by atoms with Gasteiger partial charge in [0.15, 0.2) is 17.4 Å². The SMILES string of the molecule is CC(=O)Nc1ccc(-c2ccc(Nc3nc4c(=O)[nH]c(N)nc4n3[C@@H]3O[C@H](CO)[C@@H]([P+](=O)[O-])[C@H]3O)cc2)cc1. The zero-order valence-corrected chi connectivity index (χ0v) is 21.3. The summed E-state index contributed by atoms with van der Waals surface area (Å²) in [6, 6.07) is 14.5. The van der Waals surface area contributed by atoms with Crippen LogP contribution in [0.2, 0.25) is 0 Å². The minimum atomic E-state index is -3.16. The number of carbonyl (C=O) groups is 1. The van der Waals surface area contributed by atoms with E-state index in [0.29, 0.717) is 11.4 Å². The summed E-state index contributed by atoms with van der Waals surface area (Å²) in [5.41, 5.74) is 6.55. The summed E-state index contributed by atoms with van der Waals surface area (Å²) < 4.78 is 18.7. The number of amides is 1. The molecule has 1 amide bonds. The molecule has 0 bridgehead atoms. The summed E-state index contributed by atoms with van der Waals surface area (Å²) in [6.07, 6.45) is -4.14. The smallest absolute Gasteiger partial charge is 0.317 e. The molecule has 1 fully saturated rings. The molecule has 202 valence electrons. The molecule has 7 N–H and O–H groups in total. The van der Waals surface area contributed by atoms with Crippen molar-refractivity contribution in [2.24, 2.45) is 0 Å². The average Bonchev–Trinajstić information content (AvgIpc) is 3.41. The number of benzene rings is 2. The van der Waals surface area contributed by atoms with Gasteiger partial charge in [-0.05, 0) is 35.4 Å². The van der Waals surface area contributed by atoms with Gasteiger partial charge < -0.3 is 36.2 Å². The lowest BCUT2D eigenvalue weighted by atomic mass is 10.1. The van der Waals surface area contributed by atoms with Gasteiger partial charge in [0.1, 0.15) is 12.2 Å². The van der Waals surface area contributed by atoms with Gasteiger partial charge in [0.05, 0.1) is 6.61 Å². The lowest BCUT2D eigenvalue weighted by Crippen LogP contribution is -2.33. The molecule has 2 aromatic carbocycles. The van der Waals surface area contributed by atoms with Crippen molar-refractivity contribution in [2.45, 2.75) is 31.0 Å². The number of aliphatic hydroxyl groups excluding tert-OH is 2. The third-order valence-electron chi connectivity index (χ3n) is 6.26. The van der Waals surface area contributed by atoms with Crippen molar-refractivity contribution in [1.29, 1.82) is 0 Å². The normalized spacial score (nSPS) is 21.2. The topological polar surface area (TPSA) is 221 Å². The van der Waals surface area contributed by atoms with Crippen molar-refractivity contribution in [3.63, 3.8) is 0 Å². The Morgan fingerprint density at radius 2 is 1.77 bits per heavy atom. The molecule has 2 aromatic heterocycles. The third kappa shape index (κ3) is 5.11. The van der Waals surface area contributed by atoms with E-state index in [2.05, 4.69) is 25.6 Å². The van der Waals surface area contributed by atoms with E-state index >= 15 is 0 Å². The van der Waals surface area contributed by atoms with E-state index in [4.69, 9.17) is 10.5 Å². The van der Waals surface area contributed by atoms with Gasteiger partial charge in [-0.1, -0.05) is 28.8 Å². The minimum Gasteiger partial charge on any atom is -0.595 e. The molecule has 0 radical (unpaired) electrons. The molecule has 0 aliphatic carbocycles. The lowest BCUT2D eigenvalue weighted by Gasteiger charge is -2.19. The fourth-order valence-electron chi connectivity index (χ4n) is 4.51. The zero-order chi connectivity index (χ0) is 27.8. The highest BCUT2D eigenvalue weighted by molar-refractivity contribution is 7.37. The molecular weight excluding hydrogens is 529 g/mol. The zero-order valence-electron chi connectivity index (χ0n) is 20.4. The maximum Gasteiger partial charge on any atom is 0.317 e. The van der Waals surface area contributed by atoms with Crippen LogP contribution in [0.25, 0.3) is 22.3 Å². The molecule has 0 spiro atoms. The first kappa shape index (κ1) is 26.4. The summed E-state index contributed by atoms with van der Waals surface area (Å²) in [6.45, 7) is 0.781. The van der Waals surface area contributed by atoms with Gasteiger partial charge >= 0.3 is 8.03 Å². The maximum atomic E-state index is 12.5. The Morgan fingerprint density at radius 3 is 2.31 bits per heavy atom. The fraction of sp³-hybridized carbons (Fsp3) is 0.250. The number of nitrogens with two attached hydrogens (primary N) is 1. The van der Waals surface area contributed by atoms with Crippen LogP contribution in [0.15, 0.2) is 53.3 Å². The molecule has 0 saturated carbocycles. The van der Waals surface area contributed by atoms with E-state index in [1.807, 2.05) is 24.3 Å². The second-order valence-electron chi connectivity index (χ2n) is 8.90. The number of nitrogens with one attached hydrogen (secondary N) is 3. The highest BCUT2D eigenvalue weighted by Gasteiger charge is 2.53. The van der Waals surface area contributed by atoms with Crippen LogP contribution in [0.3, 0.4) is 0 Å². The van der Waals surface area contributed by atoms with Gasteiger partial charge in [0.25, 0.3) is 5.56 Å². The first-order valence-electron chi connectivity index (χ1n) is 11.8. The monoisotopic (exact) mass is 553 g/mol. The number of H-pyrrole nitrogens is 1. The second kappa shape index (κ2) is 10.5. The Morgan fingerprint density at radius 1 is 1.15 bits per heavy atom. The fourth-order valence-corrected chi connectivity index (χ4v) is 5.34. The predicted octanol–water partition coefficient (Wildman–Crippen LogP) is 0.793.